The molecule has 3 heterocycles. The van der Waals surface area contributed by atoms with Crippen LogP contribution in [0.15, 0.2) is 31.0 Å². The lowest BCUT2D eigenvalue weighted by Gasteiger charge is -2.26. The summed E-state index contributed by atoms with van der Waals surface area (Å²) < 4.78 is 1.51. The van der Waals surface area contributed by atoms with Crippen LogP contribution < -0.4 is 10.6 Å². The minimum absolute atomic E-state index is 0.0658. The molecule has 0 aliphatic carbocycles. The molecule has 3 amide bonds. The molecule has 1 aliphatic rings. The highest BCUT2D eigenvalue weighted by Crippen LogP contribution is 2.10. The molecular weight excluding hydrogens is 274 g/mol. The lowest BCUT2D eigenvalue weighted by atomic mass is 10.3. The maximum absolute atomic E-state index is 12.0. The first-order valence-electron chi connectivity index (χ1n) is 6.36. The summed E-state index contributed by atoms with van der Waals surface area (Å²) in [7, 11) is 0. The van der Waals surface area contributed by atoms with Crippen LogP contribution in [0, 0.1) is 0 Å². The number of rotatable bonds is 2. The number of hydrogen-bond acceptors (Lipinski definition) is 5. The van der Waals surface area contributed by atoms with Crippen molar-refractivity contribution in [2.45, 2.75) is 0 Å². The Morgan fingerprint density at radius 2 is 2.29 bits per heavy atom. The smallest absolute Gasteiger partial charge is 0.322 e. The Hall–Kier alpha value is -2.97. The molecule has 1 saturated heterocycles. The van der Waals surface area contributed by atoms with Gasteiger partial charge in [-0.15, -0.1) is 0 Å². The van der Waals surface area contributed by atoms with Gasteiger partial charge in [0.25, 0.3) is 0 Å². The Labute approximate surface area is 120 Å². The third-order valence-electron chi connectivity index (χ3n) is 2.98. The van der Waals surface area contributed by atoms with Gasteiger partial charge in [0.2, 0.25) is 5.91 Å². The molecule has 3 rings (SSSR count). The van der Waals surface area contributed by atoms with Crippen LogP contribution in [-0.2, 0) is 4.79 Å². The molecule has 0 saturated carbocycles. The van der Waals surface area contributed by atoms with E-state index in [1.807, 2.05) is 0 Å². The van der Waals surface area contributed by atoms with Crippen molar-refractivity contribution in [2.75, 3.05) is 25.0 Å². The summed E-state index contributed by atoms with van der Waals surface area (Å²) in [5.74, 6) is 0.443. The van der Waals surface area contributed by atoms with Crippen molar-refractivity contribution < 1.29 is 9.59 Å². The number of carbonyl (C=O) groups is 2. The van der Waals surface area contributed by atoms with Crippen molar-refractivity contribution in [1.82, 2.24) is 30.0 Å². The van der Waals surface area contributed by atoms with Crippen molar-refractivity contribution in [2.24, 2.45) is 0 Å². The number of carbonyl (C=O) groups excluding carboxylic acids is 2. The minimum atomic E-state index is -0.319. The van der Waals surface area contributed by atoms with E-state index >= 15 is 0 Å². The Balaban J connectivity index is 1.65. The molecule has 21 heavy (non-hydrogen) atoms. The monoisotopic (exact) mass is 287 g/mol. The number of hydrogen-bond donors (Lipinski definition) is 2. The van der Waals surface area contributed by atoms with Gasteiger partial charge in [-0.2, -0.15) is 5.10 Å². The van der Waals surface area contributed by atoms with Crippen molar-refractivity contribution in [3.05, 3.63) is 31.0 Å². The van der Waals surface area contributed by atoms with Crippen molar-refractivity contribution >= 4 is 17.6 Å². The van der Waals surface area contributed by atoms with Crippen LogP contribution in [0.4, 0.5) is 10.5 Å². The van der Waals surface area contributed by atoms with Crippen LogP contribution >= 0.6 is 0 Å². The maximum atomic E-state index is 12.0. The van der Waals surface area contributed by atoms with Crippen LogP contribution in [0.1, 0.15) is 0 Å². The quantitative estimate of drug-likeness (QED) is 0.783. The summed E-state index contributed by atoms with van der Waals surface area (Å²) in [4.78, 5) is 32.7. The zero-order chi connectivity index (χ0) is 14.7. The summed E-state index contributed by atoms with van der Waals surface area (Å²) in [6.45, 7) is 1.02. The van der Waals surface area contributed by atoms with E-state index in [2.05, 4.69) is 25.7 Å². The molecule has 0 radical (unpaired) electrons. The Bertz CT molecular complexity index is 638. The molecule has 108 valence electrons. The minimum Gasteiger partial charge on any atom is -0.353 e. The standard InChI is InChI=1S/C12H13N7O2/c20-11-6-18(4-3-14-11)12(21)17-9-1-2-10(15-5-9)19-8-13-7-16-19/h1-2,5,7-8H,3-4,6H2,(H,14,20)(H,17,21). The maximum Gasteiger partial charge on any atom is 0.322 e. The molecular formula is C12H13N7O2. The fourth-order valence-electron chi connectivity index (χ4n) is 1.94. The van der Waals surface area contributed by atoms with Crippen LogP contribution in [0.25, 0.3) is 5.82 Å². The molecule has 0 atom stereocenters. The molecule has 2 aromatic rings. The van der Waals surface area contributed by atoms with Gasteiger partial charge < -0.3 is 15.5 Å². The Kier molecular flexibility index (Phi) is 3.46. The van der Waals surface area contributed by atoms with E-state index in [1.54, 1.807) is 12.1 Å². The van der Waals surface area contributed by atoms with Crippen molar-refractivity contribution in [3.63, 3.8) is 0 Å². The van der Waals surface area contributed by atoms with E-state index in [4.69, 9.17) is 0 Å². The van der Waals surface area contributed by atoms with Gasteiger partial charge >= 0.3 is 6.03 Å². The molecule has 2 aromatic heterocycles. The molecule has 0 spiro atoms. The van der Waals surface area contributed by atoms with E-state index in [9.17, 15) is 9.59 Å². The van der Waals surface area contributed by atoms with E-state index in [0.29, 0.717) is 24.6 Å². The second-order valence-electron chi connectivity index (χ2n) is 4.45. The van der Waals surface area contributed by atoms with Gasteiger partial charge in [-0.05, 0) is 12.1 Å². The second kappa shape index (κ2) is 5.57. The molecule has 1 fully saturated rings. The van der Waals surface area contributed by atoms with Gasteiger partial charge in [0.1, 0.15) is 19.2 Å². The second-order valence-corrected chi connectivity index (χ2v) is 4.45. The first-order valence-corrected chi connectivity index (χ1v) is 6.36. The van der Waals surface area contributed by atoms with Crippen molar-refractivity contribution in [3.8, 4) is 5.82 Å². The summed E-state index contributed by atoms with van der Waals surface area (Å²) in [6, 6.07) is 3.11. The van der Waals surface area contributed by atoms with E-state index in [0.717, 1.165) is 0 Å². The molecule has 9 heteroatoms. The highest BCUT2D eigenvalue weighted by Gasteiger charge is 2.21. The SMILES string of the molecule is O=C1CN(C(=O)Nc2ccc(-n3cncn3)nc2)CCN1. The molecule has 0 unspecified atom stereocenters. The van der Waals surface area contributed by atoms with E-state index in [1.165, 1.54) is 28.4 Å². The average molecular weight is 287 g/mol. The van der Waals surface area contributed by atoms with Crippen LogP contribution in [0.5, 0.6) is 0 Å². The number of amides is 3. The average Bonchev–Trinajstić information content (AvgIpc) is 3.02. The number of piperazine rings is 1. The lowest BCUT2D eigenvalue weighted by molar-refractivity contribution is -0.123. The largest absolute Gasteiger partial charge is 0.353 e. The van der Waals surface area contributed by atoms with Gasteiger partial charge in [-0.25, -0.2) is 19.4 Å². The molecule has 9 nitrogen and oxygen atoms in total. The fraction of sp³-hybridized carbons (Fsp3) is 0.250. The zero-order valence-electron chi connectivity index (χ0n) is 11.1. The van der Waals surface area contributed by atoms with Crippen molar-refractivity contribution in [1.29, 1.82) is 0 Å². The van der Waals surface area contributed by atoms with Gasteiger partial charge in [0.15, 0.2) is 5.82 Å². The first kappa shape index (κ1) is 13.0. The zero-order valence-corrected chi connectivity index (χ0v) is 11.1. The summed E-state index contributed by atoms with van der Waals surface area (Å²) in [5, 5.41) is 9.33. The summed E-state index contributed by atoms with van der Waals surface area (Å²) in [6.07, 6.45) is 4.48. The van der Waals surface area contributed by atoms with Crippen LogP contribution in [-0.4, -0.2) is 56.2 Å². The van der Waals surface area contributed by atoms with Crippen LogP contribution in [0.2, 0.25) is 0 Å². The van der Waals surface area contributed by atoms with Gasteiger partial charge in [-0.3, -0.25) is 4.79 Å². The van der Waals surface area contributed by atoms with E-state index < -0.39 is 0 Å². The number of anilines is 1. The third-order valence-corrected chi connectivity index (χ3v) is 2.98. The predicted octanol–water partition coefficient (Wildman–Crippen LogP) is -0.374. The molecule has 1 aliphatic heterocycles. The number of aromatic nitrogens is 4. The Morgan fingerprint density at radius 1 is 1.38 bits per heavy atom. The number of pyridine rings is 1. The summed E-state index contributed by atoms with van der Waals surface area (Å²) in [5.41, 5.74) is 0.551. The van der Waals surface area contributed by atoms with Crippen LogP contribution in [0.3, 0.4) is 0 Å². The highest BCUT2D eigenvalue weighted by molar-refractivity contribution is 5.92. The number of nitrogens with zero attached hydrogens (tertiary/aromatic N) is 5. The number of nitrogens with one attached hydrogen (secondary N) is 2. The van der Waals surface area contributed by atoms with Gasteiger partial charge in [0.05, 0.1) is 11.9 Å². The molecule has 0 aromatic carbocycles. The number of urea groups is 1. The first-order chi connectivity index (χ1) is 10.2. The lowest BCUT2D eigenvalue weighted by Crippen LogP contribution is -2.51. The third kappa shape index (κ3) is 2.96. The topological polar surface area (TPSA) is 105 Å². The van der Waals surface area contributed by atoms with E-state index in [-0.39, 0.29) is 18.5 Å². The van der Waals surface area contributed by atoms with Gasteiger partial charge in [0, 0.05) is 13.1 Å². The predicted molar refractivity (Wildman–Crippen MR) is 72.8 cm³/mol. The molecule has 0 bridgehead atoms. The molecule has 2 N–H and O–H groups in total. The fourth-order valence-corrected chi connectivity index (χ4v) is 1.94. The Morgan fingerprint density at radius 3 is 2.95 bits per heavy atom. The summed E-state index contributed by atoms with van der Waals surface area (Å²) >= 11 is 0. The normalized spacial score (nSPS) is 14.7. The highest BCUT2D eigenvalue weighted by atomic mass is 16.2. The van der Waals surface area contributed by atoms with Gasteiger partial charge in [-0.1, -0.05) is 0 Å².